The number of aromatic nitrogens is 1. The number of benzene rings is 1. The molecule has 14 heteroatoms. The molecular weight excluding hydrogens is 762 g/mol. The fourth-order valence-electron chi connectivity index (χ4n) is 7.33. The summed E-state index contributed by atoms with van der Waals surface area (Å²) in [7, 11) is -4.43. The van der Waals surface area contributed by atoms with Gasteiger partial charge in [-0.25, -0.2) is 9.36 Å². The highest BCUT2D eigenvalue weighted by molar-refractivity contribution is 9.10. The Hall–Kier alpha value is -4.14. The van der Waals surface area contributed by atoms with E-state index in [1.165, 1.54) is 12.1 Å². The Morgan fingerprint density at radius 3 is 2.43 bits per heavy atom. The first-order chi connectivity index (χ1) is 24.9. The molecule has 0 fully saturated rings. The zero-order chi connectivity index (χ0) is 38.7. The van der Waals surface area contributed by atoms with E-state index in [-0.39, 0.29) is 36.0 Å². The van der Waals surface area contributed by atoms with E-state index < -0.39 is 33.0 Å². The molecule has 1 atom stereocenters. The Balaban J connectivity index is 1.48. The molecule has 0 spiro atoms. The average molecular weight is 812 g/mol. The van der Waals surface area contributed by atoms with Crippen molar-refractivity contribution in [1.29, 1.82) is 0 Å². The lowest BCUT2D eigenvalue weighted by Crippen LogP contribution is -2.41. The maximum Gasteiger partial charge on any atom is 0.327 e. The predicted molar refractivity (Wildman–Crippen MR) is 207 cm³/mol. The molecule has 3 aliphatic heterocycles. The van der Waals surface area contributed by atoms with Crippen molar-refractivity contribution in [2.24, 2.45) is 4.99 Å². The van der Waals surface area contributed by atoms with Crippen LogP contribution in [0.4, 0.5) is 11.5 Å². The first-order valence-corrected chi connectivity index (χ1v) is 20.2. The van der Waals surface area contributed by atoms with Gasteiger partial charge in [-0.15, -0.1) is 0 Å². The summed E-state index contributed by atoms with van der Waals surface area (Å²) in [6.45, 7) is 11.5. The van der Waals surface area contributed by atoms with Crippen molar-refractivity contribution < 1.29 is 37.0 Å². The zero-order valence-corrected chi connectivity index (χ0v) is 33.3. The standard InChI is InChI=1S/C39H48BrN5O7S/c1-25-21-27(53(50,51)52)23-28-35(25)45-20-12-16-33(46)41-18-10-9-13-30(37(48)49)42-34(47)17-11-19-44-24-26(40)22-29-36(44)43-31(38(29,2)3)14-7-6-8-15-32(45)39(28,4)5/h6-8,14-15,21-24,30H,9-13,16-20H2,1-5H3,(H3-,41,42,46,47,48,49,50,51,52)/p+1. The summed E-state index contributed by atoms with van der Waals surface area (Å²) in [4.78, 5) is 44.5. The van der Waals surface area contributed by atoms with Crippen molar-refractivity contribution in [1.82, 2.24) is 10.6 Å². The number of allylic oxidation sites excluding steroid dienone is 6. The van der Waals surface area contributed by atoms with E-state index >= 15 is 0 Å². The minimum absolute atomic E-state index is 0.127. The van der Waals surface area contributed by atoms with Gasteiger partial charge in [0.2, 0.25) is 11.8 Å². The molecule has 2 amide bonds. The van der Waals surface area contributed by atoms with Crippen LogP contribution >= 0.6 is 15.9 Å². The molecule has 0 saturated carbocycles. The van der Waals surface area contributed by atoms with Gasteiger partial charge in [0.15, 0.2) is 5.71 Å². The van der Waals surface area contributed by atoms with Crippen LogP contribution < -0.4 is 20.1 Å². The van der Waals surface area contributed by atoms with Crippen LogP contribution in [0.1, 0.15) is 89.3 Å². The molecule has 12 nitrogen and oxygen atoms in total. The molecule has 53 heavy (non-hydrogen) atoms. The third-order valence-corrected chi connectivity index (χ3v) is 11.5. The monoisotopic (exact) mass is 810 g/mol. The lowest BCUT2D eigenvalue weighted by molar-refractivity contribution is -0.685. The molecule has 4 heterocycles. The number of aryl methyl sites for hydroxylation is 2. The van der Waals surface area contributed by atoms with E-state index in [0.29, 0.717) is 50.9 Å². The molecule has 0 aliphatic carbocycles. The second kappa shape index (κ2) is 16.1. The molecule has 1 unspecified atom stereocenters. The van der Waals surface area contributed by atoms with E-state index in [9.17, 15) is 32.5 Å². The lowest BCUT2D eigenvalue weighted by Gasteiger charge is -2.27. The predicted octanol–water partition coefficient (Wildman–Crippen LogP) is 5.88. The van der Waals surface area contributed by atoms with Gasteiger partial charge in [-0.2, -0.15) is 8.42 Å². The SMILES string of the molecule is Cc1cc(S(=O)(=O)O)cc2c1N1CCCC(=O)NCCCCC(C(=O)O)NC(=O)CCC[n+]3cc(Br)cc4c3N=C(/C=C/C=C/C=C1C2(C)C)C4(C)C. The number of nitrogens with one attached hydrogen (secondary N) is 2. The molecule has 0 saturated heterocycles. The number of carbonyl (C=O) groups excluding carboxylic acids is 2. The summed E-state index contributed by atoms with van der Waals surface area (Å²) in [5.74, 6) is -0.736. The molecule has 1 aromatic carbocycles. The van der Waals surface area contributed by atoms with Crippen LogP contribution in [0.2, 0.25) is 0 Å². The van der Waals surface area contributed by atoms with Gasteiger partial charge < -0.3 is 20.6 Å². The number of pyridine rings is 1. The number of hydrogen-bond acceptors (Lipinski definition) is 7. The normalized spacial score (nSPS) is 22.4. The number of fused-ring (bicyclic) bond motifs is 3. The first kappa shape index (κ1) is 40.1. The van der Waals surface area contributed by atoms with Crippen LogP contribution in [0.15, 0.2) is 74.8 Å². The molecule has 4 N–H and O–H groups in total. The molecular formula is C39H49BrN5O7S+. The number of rotatable bonds is 2. The largest absolute Gasteiger partial charge is 0.480 e. The van der Waals surface area contributed by atoms with Crippen molar-refractivity contribution in [2.45, 2.75) is 108 Å². The van der Waals surface area contributed by atoms with Crippen molar-refractivity contribution in [3.05, 3.63) is 81.6 Å². The summed E-state index contributed by atoms with van der Waals surface area (Å²) < 4.78 is 37.1. The van der Waals surface area contributed by atoms with Crippen LogP contribution in [0.3, 0.4) is 0 Å². The average Bonchev–Trinajstić information content (AvgIpc) is 3.44. The summed E-state index contributed by atoms with van der Waals surface area (Å²) in [5.41, 5.74) is 4.12. The maximum atomic E-state index is 12.8. The number of hydrogen-bond donors (Lipinski definition) is 4. The number of anilines is 1. The lowest BCUT2D eigenvalue weighted by atomic mass is 9.82. The number of amides is 2. The van der Waals surface area contributed by atoms with E-state index in [2.05, 4.69) is 51.4 Å². The highest BCUT2D eigenvalue weighted by Crippen LogP contribution is 2.50. The summed E-state index contributed by atoms with van der Waals surface area (Å²) in [6, 6.07) is 4.05. The minimum Gasteiger partial charge on any atom is -0.480 e. The number of aliphatic carboxylic acids is 1. The van der Waals surface area contributed by atoms with Gasteiger partial charge in [-0.1, -0.05) is 32.1 Å². The Bertz CT molecular complexity index is 2030. The second-order valence-electron chi connectivity index (χ2n) is 14.9. The molecule has 0 radical (unpaired) electrons. The van der Waals surface area contributed by atoms with E-state index in [0.717, 1.165) is 38.5 Å². The minimum atomic E-state index is -4.43. The molecule has 3 aliphatic rings. The van der Waals surface area contributed by atoms with Gasteiger partial charge in [0.1, 0.15) is 12.2 Å². The fourth-order valence-corrected chi connectivity index (χ4v) is 8.40. The topological polar surface area (TPSA) is 169 Å². The van der Waals surface area contributed by atoms with Gasteiger partial charge in [0.05, 0.1) is 26.9 Å². The molecule has 2 bridgehead atoms. The van der Waals surface area contributed by atoms with Crippen molar-refractivity contribution in [3.8, 4) is 0 Å². The summed E-state index contributed by atoms with van der Waals surface area (Å²) in [6.07, 6.45) is 14.5. The third-order valence-electron chi connectivity index (χ3n) is 10.3. The molecule has 5 rings (SSSR count). The third kappa shape index (κ3) is 8.98. The Morgan fingerprint density at radius 2 is 1.72 bits per heavy atom. The Kier molecular flexibility index (Phi) is 12.1. The van der Waals surface area contributed by atoms with Gasteiger partial charge >= 0.3 is 11.8 Å². The number of carboxylic acid groups (broad SMARTS) is 1. The van der Waals surface area contributed by atoms with Gasteiger partial charge in [-0.3, -0.25) is 14.1 Å². The number of aliphatic imine (C=N–C) groups is 1. The summed E-state index contributed by atoms with van der Waals surface area (Å²) >= 11 is 3.64. The van der Waals surface area contributed by atoms with Crippen LogP contribution in [0, 0.1) is 6.92 Å². The van der Waals surface area contributed by atoms with Crippen LogP contribution in [0.5, 0.6) is 0 Å². The van der Waals surface area contributed by atoms with Crippen LogP contribution in [-0.4, -0.2) is 60.7 Å². The maximum absolute atomic E-state index is 12.8. The number of carbonyl (C=O) groups is 3. The van der Waals surface area contributed by atoms with Gasteiger partial charge in [-0.05, 0) is 115 Å². The second-order valence-corrected chi connectivity index (χ2v) is 17.2. The van der Waals surface area contributed by atoms with Gasteiger partial charge in [0.25, 0.3) is 10.1 Å². The van der Waals surface area contributed by atoms with Crippen molar-refractivity contribution >= 4 is 61.0 Å². The number of carboxylic acids is 1. The van der Waals surface area contributed by atoms with Gasteiger partial charge in [0, 0.05) is 42.7 Å². The molecule has 2 aromatic rings. The van der Waals surface area contributed by atoms with E-state index in [1.807, 2.05) is 61.9 Å². The van der Waals surface area contributed by atoms with E-state index in [4.69, 9.17) is 4.99 Å². The highest BCUT2D eigenvalue weighted by Gasteiger charge is 2.43. The zero-order valence-electron chi connectivity index (χ0n) is 30.9. The number of halogens is 1. The first-order valence-electron chi connectivity index (χ1n) is 18.0. The molecule has 284 valence electrons. The smallest absolute Gasteiger partial charge is 0.327 e. The molecule has 1 aromatic heterocycles. The quantitative estimate of drug-likeness (QED) is 0.216. The Morgan fingerprint density at radius 1 is 0.981 bits per heavy atom. The summed E-state index contributed by atoms with van der Waals surface area (Å²) in [5, 5.41) is 15.3. The fraction of sp³-hybridized carbons (Fsp3) is 0.462. The van der Waals surface area contributed by atoms with Crippen LogP contribution in [-0.2, 0) is 41.9 Å². The highest BCUT2D eigenvalue weighted by atomic mass is 79.9. The van der Waals surface area contributed by atoms with Crippen molar-refractivity contribution in [3.63, 3.8) is 0 Å². The van der Waals surface area contributed by atoms with E-state index in [1.54, 1.807) is 0 Å². The van der Waals surface area contributed by atoms with Crippen molar-refractivity contribution in [2.75, 3.05) is 18.0 Å². The Labute approximate surface area is 320 Å². The number of nitrogens with zero attached hydrogens (tertiary/aromatic N) is 3. The van der Waals surface area contributed by atoms with Crippen LogP contribution in [0.25, 0.3) is 0 Å².